The fourth-order valence-corrected chi connectivity index (χ4v) is 5.11. The van der Waals surface area contributed by atoms with E-state index in [0.29, 0.717) is 0 Å². The standard InChI is InChI=1S/C23H38N6O/c30-23(25-10-17-27-11-4-1-2-5-12-27)20-8-15-28(16-9-20)21-18-24-19-26-22(21)29-13-6-3-7-14-29/h18-20H,1-17H2,(H,25,30). The zero-order valence-electron chi connectivity index (χ0n) is 18.4. The van der Waals surface area contributed by atoms with Crippen LogP contribution in [0.4, 0.5) is 11.5 Å². The number of carbonyl (C=O) groups excluding carboxylic acids is 1. The first kappa shape index (κ1) is 21.3. The van der Waals surface area contributed by atoms with E-state index in [-0.39, 0.29) is 11.8 Å². The van der Waals surface area contributed by atoms with Gasteiger partial charge in [-0.05, 0) is 58.0 Å². The van der Waals surface area contributed by atoms with Gasteiger partial charge in [-0.2, -0.15) is 0 Å². The Hall–Kier alpha value is -1.89. The third-order valence-corrected chi connectivity index (χ3v) is 6.96. The summed E-state index contributed by atoms with van der Waals surface area (Å²) in [6.45, 7) is 8.12. The molecule has 1 aromatic heterocycles. The van der Waals surface area contributed by atoms with Gasteiger partial charge in [-0.1, -0.05) is 12.8 Å². The predicted molar refractivity (Wildman–Crippen MR) is 121 cm³/mol. The highest BCUT2D eigenvalue weighted by Crippen LogP contribution is 2.31. The van der Waals surface area contributed by atoms with Crippen LogP contribution in [0.3, 0.4) is 0 Å². The first-order chi connectivity index (χ1) is 14.8. The number of piperidine rings is 2. The number of hydrogen-bond donors (Lipinski definition) is 1. The topological polar surface area (TPSA) is 64.6 Å². The van der Waals surface area contributed by atoms with Gasteiger partial charge in [-0.15, -0.1) is 0 Å². The van der Waals surface area contributed by atoms with Gasteiger partial charge in [0.15, 0.2) is 5.82 Å². The van der Waals surface area contributed by atoms with Crippen molar-refractivity contribution in [2.75, 3.05) is 62.2 Å². The molecule has 0 aromatic carbocycles. The molecule has 7 nitrogen and oxygen atoms in total. The van der Waals surface area contributed by atoms with E-state index in [9.17, 15) is 4.79 Å². The van der Waals surface area contributed by atoms with Gasteiger partial charge in [0.05, 0.1) is 11.9 Å². The lowest BCUT2D eigenvalue weighted by Gasteiger charge is -2.36. The summed E-state index contributed by atoms with van der Waals surface area (Å²) in [4.78, 5) is 28.9. The van der Waals surface area contributed by atoms with Crippen LogP contribution >= 0.6 is 0 Å². The summed E-state index contributed by atoms with van der Waals surface area (Å²) in [5.74, 6) is 1.45. The largest absolute Gasteiger partial charge is 0.367 e. The Morgan fingerprint density at radius 3 is 2.30 bits per heavy atom. The number of carbonyl (C=O) groups is 1. The van der Waals surface area contributed by atoms with Crippen LogP contribution in [0.5, 0.6) is 0 Å². The van der Waals surface area contributed by atoms with Gasteiger partial charge in [0.1, 0.15) is 6.33 Å². The highest BCUT2D eigenvalue weighted by atomic mass is 16.1. The maximum Gasteiger partial charge on any atom is 0.223 e. The van der Waals surface area contributed by atoms with Crippen molar-refractivity contribution in [3.8, 4) is 0 Å². The summed E-state index contributed by atoms with van der Waals surface area (Å²) in [6, 6.07) is 0. The van der Waals surface area contributed by atoms with Crippen molar-refractivity contribution in [1.29, 1.82) is 0 Å². The van der Waals surface area contributed by atoms with Crippen LogP contribution in [0.15, 0.2) is 12.5 Å². The second-order valence-corrected chi connectivity index (χ2v) is 9.09. The minimum atomic E-state index is 0.133. The van der Waals surface area contributed by atoms with Crippen molar-refractivity contribution >= 4 is 17.4 Å². The summed E-state index contributed by atoms with van der Waals surface area (Å²) in [5, 5.41) is 3.21. The molecule has 3 aliphatic rings. The molecule has 3 saturated heterocycles. The van der Waals surface area contributed by atoms with E-state index in [1.165, 1.54) is 58.0 Å². The van der Waals surface area contributed by atoms with E-state index < -0.39 is 0 Å². The van der Waals surface area contributed by atoms with Crippen LogP contribution in [0.2, 0.25) is 0 Å². The van der Waals surface area contributed by atoms with Crippen molar-refractivity contribution in [3.63, 3.8) is 0 Å². The Balaban J connectivity index is 1.24. The van der Waals surface area contributed by atoms with E-state index in [0.717, 1.165) is 63.6 Å². The molecule has 1 amide bonds. The number of amides is 1. The summed E-state index contributed by atoms with van der Waals surface area (Å²) in [6.07, 6.45) is 14.5. The average Bonchev–Trinajstić information content (AvgIpc) is 3.09. The molecule has 0 saturated carbocycles. The molecule has 0 unspecified atom stereocenters. The van der Waals surface area contributed by atoms with E-state index in [2.05, 4.69) is 30.0 Å². The number of nitrogens with one attached hydrogen (secondary N) is 1. The Morgan fingerprint density at radius 1 is 0.900 bits per heavy atom. The van der Waals surface area contributed by atoms with Crippen LogP contribution in [-0.4, -0.2) is 73.1 Å². The van der Waals surface area contributed by atoms with Gasteiger partial charge in [0, 0.05) is 45.2 Å². The minimum Gasteiger partial charge on any atom is -0.367 e. The number of anilines is 2. The highest BCUT2D eigenvalue weighted by Gasteiger charge is 2.27. The van der Waals surface area contributed by atoms with Gasteiger partial charge >= 0.3 is 0 Å². The number of likely N-dealkylation sites (tertiary alicyclic amines) is 1. The molecule has 0 atom stereocenters. The van der Waals surface area contributed by atoms with Crippen molar-refractivity contribution in [2.24, 2.45) is 5.92 Å². The normalized spacial score (nSPS) is 22.0. The maximum atomic E-state index is 12.7. The molecular formula is C23H38N6O. The van der Waals surface area contributed by atoms with Gasteiger partial charge in [-0.3, -0.25) is 4.79 Å². The lowest BCUT2D eigenvalue weighted by Crippen LogP contribution is -2.43. The fraction of sp³-hybridized carbons (Fsp3) is 0.783. The molecule has 4 heterocycles. The summed E-state index contributed by atoms with van der Waals surface area (Å²) >= 11 is 0. The SMILES string of the molecule is O=C(NCCN1CCCCCC1)C1CCN(c2cncnc2N2CCCCC2)CC1. The van der Waals surface area contributed by atoms with Crippen molar-refractivity contribution < 1.29 is 4.79 Å². The highest BCUT2D eigenvalue weighted by molar-refractivity contribution is 5.79. The molecule has 0 radical (unpaired) electrons. The number of nitrogens with zero attached hydrogens (tertiary/aromatic N) is 5. The van der Waals surface area contributed by atoms with Crippen LogP contribution in [-0.2, 0) is 4.79 Å². The molecule has 3 aliphatic heterocycles. The first-order valence-corrected chi connectivity index (χ1v) is 12.1. The van der Waals surface area contributed by atoms with Crippen LogP contribution in [0.25, 0.3) is 0 Å². The van der Waals surface area contributed by atoms with Gasteiger partial charge in [-0.25, -0.2) is 9.97 Å². The summed E-state index contributed by atoms with van der Waals surface area (Å²) in [5.41, 5.74) is 1.14. The molecular weight excluding hydrogens is 376 g/mol. The Kier molecular flexibility index (Phi) is 7.78. The Labute approximate surface area is 181 Å². The zero-order valence-corrected chi connectivity index (χ0v) is 18.4. The van der Waals surface area contributed by atoms with E-state index in [4.69, 9.17) is 0 Å². The molecule has 0 spiro atoms. The molecule has 4 rings (SSSR count). The summed E-state index contributed by atoms with van der Waals surface area (Å²) in [7, 11) is 0. The summed E-state index contributed by atoms with van der Waals surface area (Å²) < 4.78 is 0. The Bertz CT molecular complexity index is 661. The third-order valence-electron chi connectivity index (χ3n) is 6.96. The van der Waals surface area contributed by atoms with Crippen molar-refractivity contribution in [1.82, 2.24) is 20.2 Å². The van der Waals surface area contributed by atoms with Gasteiger partial charge in [0.2, 0.25) is 5.91 Å². The molecule has 7 heteroatoms. The Morgan fingerprint density at radius 2 is 1.57 bits per heavy atom. The van der Waals surface area contributed by atoms with Crippen molar-refractivity contribution in [3.05, 3.63) is 12.5 Å². The maximum absolute atomic E-state index is 12.7. The number of rotatable bonds is 6. The van der Waals surface area contributed by atoms with Gasteiger partial charge in [0.25, 0.3) is 0 Å². The van der Waals surface area contributed by atoms with E-state index >= 15 is 0 Å². The molecule has 166 valence electrons. The smallest absolute Gasteiger partial charge is 0.223 e. The fourth-order valence-electron chi connectivity index (χ4n) is 5.11. The van der Waals surface area contributed by atoms with Gasteiger partial charge < -0.3 is 20.0 Å². The lowest BCUT2D eigenvalue weighted by molar-refractivity contribution is -0.125. The average molecular weight is 415 g/mol. The van der Waals surface area contributed by atoms with Crippen LogP contribution < -0.4 is 15.1 Å². The minimum absolute atomic E-state index is 0.133. The molecule has 0 aliphatic carbocycles. The van der Waals surface area contributed by atoms with Crippen molar-refractivity contribution in [2.45, 2.75) is 57.8 Å². The second-order valence-electron chi connectivity index (χ2n) is 9.09. The molecule has 30 heavy (non-hydrogen) atoms. The molecule has 1 aromatic rings. The van der Waals surface area contributed by atoms with Crippen LogP contribution in [0, 0.1) is 5.92 Å². The first-order valence-electron chi connectivity index (χ1n) is 12.1. The van der Waals surface area contributed by atoms with Crippen LogP contribution in [0.1, 0.15) is 57.8 Å². The quantitative estimate of drug-likeness (QED) is 0.772. The number of aromatic nitrogens is 2. The predicted octanol–water partition coefficient (Wildman–Crippen LogP) is 2.68. The molecule has 1 N–H and O–H groups in total. The van der Waals surface area contributed by atoms with E-state index in [1.807, 2.05) is 6.20 Å². The third kappa shape index (κ3) is 5.62. The lowest BCUT2D eigenvalue weighted by atomic mass is 9.95. The second kappa shape index (κ2) is 10.9. The number of hydrogen-bond acceptors (Lipinski definition) is 6. The monoisotopic (exact) mass is 414 g/mol. The molecule has 3 fully saturated rings. The zero-order chi connectivity index (χ0) is 20.6. The van der Waals surface area contributed by atoms with E-state index in [1.54, 1.807) is 6.33 Å². The molecule has 0 bridgehead atoms.